The Kier molecular flexibility index (Phi) is 6.94. The minimum atomic E-state index is -0.0818. The number of nitrogens with two attached hydrogens (primary N) is 2. The molecule has 2 aliphatic heterocycles. The molecule has 0 amide bonds. The fourth-order valence-electron chi connectivity index (χ4n) is 3.28. The molecule has 1 saturated heterocycles. The van der Waals surface area contributed by atoms with Gasteiger partial charge in [0.25, 0.3) is 0 Å². The normalized spacial score (nSPS) is 23.1. The van der Waals surface area contributed by atoms with Crippen LogP contribution in [0, 0.1) is 0 Å². The predicted molar refractivity (Wildman–Crippen MR) is 115 cm³/mol. The largest absolute Gasteiger partial charge is 0.383 e. The fourth-order valence-corrected chi connectivity index (χ4v) is 4.71. The van der Waals surface area contributed by atoms with E-state index in [0.717, 1.165) is 42.5 Å². The molecule has 1 aromatic carbocycles. The third-order valence-electron chi connectivity index (χ3n) is 4.61. The Labute approximate surface area is 175 Å². The van der Waals surface area contributed by atoms with Crippen LogP contribution in [-0.2, 0) is 0 Å². The van der Waals surface area contributed by atoms with E-state index in [9.17, 15) is 0 Å². The Balaban J connectivity index is 1.65. The van der Waals surface area contributed by atoms with Gasteiger partial charge in [-0.3, -0.25) is 9.80 Å². The molecule has 0 saturated carbocycles. The van der Waals surface area contributed by atoms with E-state index in [1.165, 1.54) is 11.8 Å². The van der Waals surface area contributed by atoms with E-state index in [4.69, 9.17) is 39.7 Å². The lowest BCUT2D eigenvalue weighted by Gasteiger charge is -2.42. The van der Waals surface area contributed by atoms with Crippen LogP contribution in [0.1, 0.15) is 6.92 Å². The zero-order valence-electron chi connectivity index (χ0n) is 15.6. The van der Waals surface area contributed by atoms with Crippen LogP contribution in [0.2, 0.25) is 10.0 Å². The van der Waals surface area contributed by atoms with Crippen molar-refractivity contribution in [1.29, 1.82) is 0 Å². The van der Waals surface area contributed by atoms with Gasteiger partial charge < -0.3 is 16.4 Å². The minimum absolute atomic E-state index is 0.0818. The molecule has 3 rings (SSSR count). The number of aliphatic imine (C=N–C) groups is 1. The van der Waals surface area contributed by atoms with Gasteiger partial charge >= 0.3 is 0 Å². The summed E-state index contributed by atoms with van der Waals surface area (Å²) in [6.07, 6.45) is 1.95. The molecule has 27 heavy (non-hydrogen) atoms. The number of hydrogen-bond donors (Lipinski definition) is 2. The smallest absolute Gasteiger partial charge is 0.180 e. The van der Waals surface area contributed by atoms with Crippen LogP contribution in [0.15, 0.2) is 39.2 Å². The van der Waals surface area contributed by atoms with Crippen LogP contribution in [0.3, 0.4) is 0 Å². The second-order valence-electron chi connectivity index (χ2n) is 6.99. The zero-order chi connectivity index (χ0) is 19.6. The average molecular weight is 429 g/mol. The van der Waals surface area contributed by atoms with Gasteiger partial charge in [0.2, 0.25) is 0 Å². The SMILES string of the molecule is CC(N)CN1CCN(C2N=C(N)C(Sc3cccc(Cl)c3Cl)=CN2C)CC1. The number of rotatable bonds is 5. The van der Waals surface area contributed by atoms with E-state index in [2.05, 4.69) is 14.7 Å². The van der Waals surface area contributed by atoms with Gasteiger partial charge in [-0.2, -0.15) is 0 Å². The highest BCUT2D eigenvalue weighted by molar-refractivity contribution is 8.04. The topological polar surface area (TPSA) is 74.1 Å². The van der Waals surface area contributed by atoms with E-state index < -0.39 is 0 Å². The number of nitrogens with zero attached hydrogens (tertiary/aromatic N) is 4. The van der Waals surface area contributed by atoms with Crippen molar-refractivity contribution in [2.24, 2.45) is 16.5 Å². The summed E-state index contributed by atoms with van der Waals surface area (Å²) >= 11 is 13.9. The molecule has 1 aromatic rings. The van der Waals surface area contributed by atoms with Crippen molar-refractivity contribution in [3.05, 3.63) is 39.3 Å². The number of halogens is 2. The van der Waals surface area contributed by atoms with E-state index in [-0.39, 0.29) is 12.3 Å². The quantitative estimate of drug-likeness (QED) is 0.749. The molecular weight excluding hydrogens is 403 g/mol. The number of piperazine rings is 1. The first-order chi connectivity index (χ1) is 12.8. The Morgan fingerprint density at radius 3 is 2.63 bits per heavy atom. The zero-order valence-corrected chi connectivity index (χ0v) is 17.9. The maximum atomic E-state index is 6.30. The van der Waals surface area contributed by atoms with Crippen LogP contribution in [0.5, 0.6) is 0 Å². The molecule has 0 bridgehead atoms. The lowest BCUT2D eigenvalue weighted by molar-refractivity contribution is 0.0424. The molecular formula is C18H26Cl2N6S. The molecule has 2 aliphatic rings. The van der Waals surface area contributed by atoms with Crippen molar-refractivity contribution < 1.29 is 0 Å². The Morgan fingerprint density at radius 1 is 1.26 bits per heavy atom. The monoisotopic (exact) mass is 428 g/mol. The van der Waals surface area contributed by atoms with Gasteiger partial charge in [0.1, 0.15) is 5.84 Å². The number of thioether (sulfide) groups is 1. The molecule has 2 atom stereocenters. The lowest BCUT2D eigenvalue weighted by Crippen LogP contribution is -2.56. The van der Waals surface area contributed by atoms with E-state index in [1.54, 1.807) is 6.07 Å². The van der Waals surface area contributed by atoms with Crippen LogP contribution >= 0.6 is 35.0 Å². The summed E-state index contributed by atoms with van der Waals surface area (Å²) in [5, 5.41) is 1.07. The van der Waals surface area contributed by atoms with Crippen molar-refractivity contribution in [1.82, 2.24) is 14.7 Å². The summed E-state index contributed by atoms with van der Waals surface area (Å²) in [5.74, 6) is 0.525. The summed E-state index contributed by atoms with van der Waals surface area (Å²) in [4.78, 5) is 13.3. The van der Waals surface area contributed by atoms with Gasteiger partial charge in [0.05, 0.1) is 15.0 Å². The van der Waals surface area contributed by atoms with Crippen LogP contribution in [0.25, 0.3) is 0 Å². The van der Waals surface area contributed by atoms with Crippen molar-refractivity contribution >= 4 is 40.8 Å². The van der Waals surface area contributed by atoms with Crippen molar-refractivity contribution in [2.75, 3.05) is 39.8 Å². The second kappa shape index (κ2) is 9.03. The second-order valence-corrected chi connectivity index (χ2v) is 8.86. The third-order valence-corrected chi connectivity index (χ3v) is 6.63. The van der Waals surface area contributed by atoms with Crippen molar-refractivity contribution in [2.45, 2.75) is 24.2 Å². The van der Waals surface area contributed by atoms with Gasteiger partial charge in [-0.15, -0.1) is 0 Å². The van der Waals surface area contributed by atoms with Gasteiger partial charge in [-0.05, 0) is 19.1 Å². The van der Waals surface area contributed by atoms with Crippen LogP contribution in [0.4, 0.5) is 0 Å². The van der Waals surface area contributed by atoms with Gasteiger partial charge in [0.15, 0.2) is 6.29 Å². The number of benzene rings is 1. The molecule has 0 spiro atoms. The number of amidine groups is 1. The molecule has 4 N–H and O–H groups in total. The highest BCUT2D eigenvalue weighted by atomic mass is 35.5. The predicted octanol–water partition coefficient (Wildman–Crippen LogP) is 2.48. The van der Waals surface area contributed by atoms with Gasteiger partial charge in [0, 0.05) is 56.9 Å². The van der Waals surface area contributed by atoms with Crippen LogP contribution < -0.4 is 11.5 Å². The molecule has 0 radical (unpaired) electrons. The number of hydrogen-bond acceptors (Lipinski definition) is 7. The van der Waals surface area contributed by atoms with Gasteiger partial charge in [-0.25, -0.2) is 4.99 Å². The summed E-state index contributed by atoms with van der Waals surface area (Å²) < 4.78 is 0. The molecule has 0 aromatic heterocycles. The lowest BCUT2D eigenvalue weighted by atomic mass is 10.2. The Hall–Kier alpha value is -0.960. The first kappa shape index (κ1) is 20.8. The molecule has 148 valence electrons. The van der Waals surface area contributed by atoms with Crippen molar-refractivity contribution in [3.63, 3.8) is 0 Å². The van der Waals surface area contributed by atoms with Crippen molar-refractivity contribution in [3.8, 4) is 0 Å². The first-order valence-corrected chi connectivity index (χ1v) is 10.5. The third kappa shape index (κ3) is 5.10. The van der Waals surface area contributed by atoms with Crippen LogP contribution in [-0.4, -0.2) is 72.6 Å². The molecule has 1 fully saturated rings. The molecule has 2 heterocycles. The summed E-state index contributed by atoms with van der Waals surface area (Å²) in [5.41, 5.74) is 12.2. The maximum Gasteiger partial charge on any atom is 0.180 e. The molecule has 6 nitrogen and oxygen atoms in total. The highest BCUT2D eigenvalue weighted by Gasteiger charge is 2.29. The summed E-state index contributed by atoms with van der Waals surface area (Å²) in [7, 11) is 2.02. The van der Waals surface area contributed by atoms with E-state index in [1.807, 2.05) is 32.3 Å². The average Bonchev–Trinajstić information content (AvgIpc) is 2.62. The molecule has 0 aliphatic carbocycles. The molecule has 9 heteroatoms. The first-order valence-electron chi connectivity index (χ1n) is 8.96. The fraction of sp³-hybridized carbons (Fsp3) is 0.500. The summed E-state index contributed by atoms with van der Waals surface area (Å²) in [6.45, 7) is 6.84. The van der Waals surface area contributed by atoms with E-state index >= 15 is 0 Å². The Bertz CT molecular complexity index is 731. The standard InChI is InChI=1S/C18H26Cl2N6S/c1-12(21)10-25-6-8-26(9-7-25)18-23-17(22)15(11-24(18)2)27-14-5-3-4-13(19)16(14)20/h3-5,11-12,18H,6-10,21H2,1-2H3,(H2,22,23). The minimum Gasteiger partial charge on any atom is -0.383 e. The Morgan fingerprint density at radius 2 is 1.96 bits per heavy atom. The van der Waals surface area contributed by atoms with E-state index in [0.29, 0.717) is 15.9 Å². The summed E-state index contributed by atoms with van der Waals surface area (Å²) in [6, 6.07) is 5.77. The van der Waals surface area contributed by atoms with Gasteiger partial charge in [-0.1, -0.05) is 41.0 Å². The maximum absolute atomic E-state index is 6.30. The molecule has 2 unspecified atom stereocenters. The highest BCUT2D eigenvalue weighted by Crippen LogP contribution is 2.37.